The Bertz CT molecular complexity index is 755. The standard InChI is InChI=1S/C16H19F3N4O/c1-3-10(2)15(24)22-8-5-7-12(22)14-21-20-13-11(16(17,18)19)6-4-9-23(13)14/h4,6,9-10,12H,3,5,7-8H2,1-2H3/t10-,12?/m0/s1. The van der Waals surface area contributed by atoms with Crippen molar-refractivity contribution in [2.75, 3.05) is 6.54 Å². The van der Waals surface area contributed by atoms with Gasteiger partial charge in [0, 0.05) is 18.7 Å². The monoisotopic (exact) mass is 340 g/mol. The van der Waals surface area contributed by atoms with Gasteiger partial charge in [0.2, 0.25) is 5.91 Å². The third-order valence-corrected chi connectivity index (χ3v) is 4.63. The largest absolute Gasteiger partial charge is 0.420 e. The van der Waals surface area contributed by atoms with E-state index >= 15 is 0 Å². The second-order valence-electron chi connectivity index (χ2n) is 6.17. The van der Waals surface area contributed by atoms with E-state index in [9.17, 15) is 18.0 Å². The van der Waals surface area contributed by atoms with E-state index in [1.165, 1.54) is 16.7 Å². The summed E-state index contributed by atoms with van der Waals surface area (Å²) in [6.45, 7) is 4.40. The van der Waals surface area contributed by atoms with Gasteiger partial charge in [-0.1, -0.05) is 13.8 Å². The van der Waals surface area contributed by atoms with Gasteiger partial charge in [0.05, 0.1) is 6.04 Å². The molecule has 130 valence electrons. The van der Waals surface area contributed by atoms with Crippen LogP contribution in [0.5, 0.6) is 0 Å². The topological polar surface area (TPSA) is 50.5 Å². The Labute approximate surface area is 137 Å². The van der Waals surface area contributed by atoms with Crippen LogP contribution in [0.15, 0.2) is 18.3 Å². The van der Waals surface area contributed by atoms with E-state index in [2.05, 4.69) is 10.2 Å². The van der Waals surface area contributed by atoms with Crippen molar-refractivity contribution in [1.82, 2.24) is 19.5 Å². The molecule has 0 aromatic carbocycles. The van der Waals surface area contributed by atoms with Crippen molar-refractivity contribution in [3.8, 4) is 0 Å². The van der Waals surface area contributed by atoms with Crippen molar-refractivity contribution in [2.45, 2.75) is 45.3 Å². The summed E-state index contributed by atoms with van der Waals surface area (Å²) in [5.74, 6) is 0.296. The summed E-state index contributed by atoms with van der Waals surface area (Å²) in [6, 6.07) is 1.99. The number of hydrogen-bond donors (Lipinski definition) is 0. The number of hydrogen-bond acceptors (Lipinski definition) is 3. The third-order valence-electron chi connectivity index (χ3n) is 4.63. The molecule has 1 saturated heterocycles. The zero-order valence-electron chi connectivity index (χ0n) is 13.5. The normalized spacial score (nSPS) is 19.9. The van der Waals surface area contributed by atoms with Gasteiger partial charge < -0.3 is 4.90 Å². The summed E-state index contributed by atoms with van der Waals surface area (Å²) in [5, 5.41) is 7.73. The first-order chi connectivity index (χ1) is 11.3. The fourth-order valence-electron chi connectivity index (χ4n) is 3.14. The molecule has 3 heterocycles. The number of nitrogens with zero attached hydrogens (tertiary/aromatic N) is 4. The molecule has 2 atom stereocenters. The molecular weight excluding hydrogens is 321 g/mol. The number of halogens is 3. The molecule has 24 heavy (non-hydrogen) atoms. The molecule has 1 aliphatic heterocycles. The fraction of sp³-hybridized carbons (Fsp3) is 0.562. The lowest BCUT2D eigenvalue weighted by Gasteiger charge is -2.26. The van der Waals surface area contributed by atoms with Crippen LogP contribution in [0.25, 0.3) is 5.65 Å². The van der Waals surface area contributed by atoms with E-state index in [0.717, 1.165) is 18.9 Å². The number of rotatable bonds is 3. The van der Waals surface area contributed by atoms with Gasteiger partial charge in [0.15, 0.2) is 11.5 Å². The maximum absolute atomic E-state index is 13.1. The summed E-state index contributed by atoms with van der Waals surface area (Å²) in [5.41, 5.74) is -1.04. The summed E-state index contributed by atoms with van der Waals surface area (Å²) in [7, 11) is 0. The minimum Gasteiger partial charge on any atom is -0.332 e. The molecule has 1 unspecified atom stereocenters. The highest BCUT2D eigenvalue weighted by Crippen LogP contribution is 2.35. The summed E-state index contributed by atoms with van der Waals surface area (Å²) in [4.78, 5) is 14.3. The zero-order chi connectivity index (χ0) is 17.5. The first kappa shape index (κ1) is 16.7. The molecule has 5 nitrogen and oxygen atoms in total. The molecule has 1 amide bonds. The van der Waals surface area contributed by atoms with E-state index in [1.54, 1.807) is 4.90 Å². The molecule has 0 aliphatic carbocycles. The quantitative estimate of drug-likeness (QED) is 0.860. The minimum atomic E-state index is -4.49. The van der Waals surface area contributed by atoms with Gasteiger partial charge in [-0.25, -0.2) is 0 Å². The predicted molar refractivity (Wildman–Crippen MR) is 81.1 cm³/mol. The number of pyridine rings is 1. The summed E-state index contributed by atoms with van der Waals surface area (Å²) < 4.78 is 40.7. The molecule has 0 N–H and O–H groups in total. The first-order valence-corrected chi connectivity index (χ1v) is 8.06. The predicted octanol–water partition coefficient (Wildman–Crippen LogP) is 3.46. The number of carbonyl (C=O) groups excluding carboxylic acids is 1. The number of likely N-dealkylation sites (tertiary alicyclic amines) is 1. The Morgan fingerprint density at radius 3 is 2.83 bits per heavy atom. The molecule has 0 spiro atoms. The Morgan fingerprint density at radius 2 is 2.17 bits per heavy atom. The third kappa shape index (κ3) is 2.74. The van der Waals surface area contributed by atoms with Crippen molar-refractivity contribution in [2.24, 2.45) is 5.92 Å². The highest BCUT2D eigenvalue weighted by molar-refractivity contribution is 5.79. The van der Waals surface area contributed by atoms with Crippen LogP contribution in [-0.2, 0) is 11.0 Å². The van der Waals surface area contributed by atoms with Crippen LogP contribution >= 0.6 is 0 Å². The second kappa shape index (κ2) is 6.07. The van der Waals surface area contributed by atoms with Crippen molar-refractivity contribution in [3.05, 3.63) is 29.7 Å². The Kier molecular flexibility index (Phi) is 4.23. The van der Waals surface area contributed by atoms with Crippen LogP contribution in [0.2, 0.25) is 0 Å². The van der Waals surface area contributed by atoms with Crippen molar-refractivity contribution < 1.29 is 18.0 Å². The molecular formula is C16H19F3N4O. The Morgan fingerprint density at radius 1 is 1.42 bits per heavy atom. The minimum absolute atomic E-state index is 0.0173. The number of aromatic nitrogens is 3. The average molecular weight is 340 g/mol. The highest BCUT2D eigenvalue weighted by atomic mass is 19.4. The van der Waals surface area contributed by atoms with E-state index in [-0.39, 0.29) is 23.5 Å². The Balaban J connectivity index is 2.02. The summed E-state index contributed by atoms with van der Waals surface area (Å²) >= 11 is 0. The second-order valence-corrected chi connectivity index (χ2v) is 6.17. The number of amides is 1. The number of fused-ring (bicyclic) bond motifs is 1. The number of carbonyl (C=O) groups is 1. The molecule has 3 rings (SSSR count). The molecule has 0 bridgehead atoms. The molecule has 1 fully saturated rings. The van der Waals surface area contributed by atoms with Gasteiger partial charge in [-0.15, -0.1) is 10.2 Å². The lowest BCUT2D eigenvalue weighted by molar-refractivity contribution is -0.137. The SMILES string of the molecule is CC[C@H](C)C(=O)N1CCCC1c1nnc2c(C(F)(F)F)cccn12. The van der Waals surface area contributed by atoms with Crippen LogP contribution in [0, 0.1) is 5.92 Å². The molecule has 8 heteroatoms. The first-order valence-electron chi connectivity index (χ1n) is 8.06. The molecule has 0 saturated carbocycles. The van der Waals surface area contributed by atoms with E-state index < -0.39 is 11.7 Å². The zero-order valence-corrected chi connectivity index (χ0v) is 13.5. The maximum atomic E-state index is 13.1. The maximum Gasteiger partial charge on any atom is 0.420 e. The van der Waals surface area contributed by atoms with E-state index in [0.29, 0.717) is 18.8 Å². The van der Waals surface area contributed by atoms with Crippen LogP contribution in [-0.4, -0.2) is 31.9 Å². The van der Waals surface area contributed by atoms with E-state index in [1.807, 2.05) is 13.8 Å². The van der Waals surface area contributed by atoms with Crippen molar-refractivity contribution in [1.29, 1.82) is 0 Å². The van der Waals surface area contributed by atoms with Gasteiger partial charge in [0.25, 0.3) is 0 Å². The van der Waals surface area contributed by atoms with Gasteiger partial charge >= 0.3 is 6.18 Å². The lowest BCUT2D eigenvalue weighted by Crippen LogP contribution is -2.35. The van der Waals surface area contributed by atoms with Crippen LogP contribution in [0.1, 0.15) is 50.5 Å². The Hall–Kier alpha value is -2.12. The van der Waals surface area contributed by atoms with Gasteiger partial charge in [-0.2, -0.15) is 13.2 Å². The summed E-state index contributed by atoms with van der Waals surface area (Å²) in [6.07, 6.45) is -0.764. The van der Waals surface area contributed by atoms with Gasteiger partial charge in [-0.05, 0) is 31.4 Å². The lowest BCUT2D eigenvalue weighted by atomic mass is 10.1. The fourth-order valence-corrected chi connectivity index (χ4v) is 3.14. The van der Waals surface area contributed by atoms with Gasteiger partial charge in [-0.3, -0.25) is 9.20 Å². The molecule has 2 aromatic heterocycles. The highest BCUT2D eigenvalue weighted by Gasteiger charge is 2.37. The molecule has 1 aliphatic rings. The molecule has 2 aromatic rings. The van der Waals surface area contributed by atoms with Crippen molar-refractivity contribution in [3.63, 3.8) is 0 Å². The van der Waals surface area contributed by atoms with Crippen LogP contribution in [0.4, 0.5) is 13.2 Å². The number of alkyl halides is 3. The van der Waals surface area contributed by atoms with E-state index in [4.69, 9.17) is 0 Å². The molecule has 0 radical (unpaired) electrons. The van der Waals surface area contributed by atoms with Crippen molar-refractivity contribution >= 4 is 11.6 Å². The smallest absolute Gasteiger partial charge is 0.332 e. The van der Waals surface area contributed by atoms with Crippen LogP contribution in [0.3, 0.4) is 0 Å². The average Bonchev–Trinajstić information content (AvgIpc) is 3.17. The van der Waals surface area contributed by atoms with Crippen LogP contribution < -0.4 is 0 Å². The van der Waals surface area contributed by atoms with Gasteiger partial charge in [0.1, 0.15) is 5.56 Å².